The number of ether oxygens (including phenoxy) is 1. The molecule has 10 heteroatoms. The van der Waals surface area contributed by atoms with Crippen LogP contribution in [0.2, 0.25) is 0 Å². The molecule has 1 heterocycles. The van der Waals surface area contributed by atoms with Crippen LogP contribution in [0.5, 0.6) is 11.5 Å². The minimum absolute atomic E-state index is 0.00694. The van der Waals surface area contributed by atoms with Crippen LogP contribution in [0, 0.1) is 5.82 Å². The lowest BCUT2D eigenvalue weighted by molar-refractivity contribution is 0.172. The van der Waals surface area contributed by atoms with Crippen LogP contribution in [0.3, 0.4) is 0 Å². The van der Waals surface area contributed by atoms with Gasteiger partial charge in [-0.15, -0.1) is 0 Å². The number of H-pyrrole nitrogens is 1. The Balaban J connectivity index is 1.30. The molecule has 4 rings (SSSR count). The molecule has 0 fully saturated rings. The highest BCUT2D eigenvalue weighted by atomic mass is 32.2. The number of sulfonamides is 1. The van der Waals surface area contributed by atoms with Crippen molar-refractivity contribution in [1.29, 1.82) is 0 Å². The molecule has 0 bridgehead atoms. The summed E-state index contributed by atoms with van der Waals surface area (Å²) in [6.07, 6.45) is 0.0705. The van der Waals surface area contributed by atoms with Crippen LogP contribution >= 0.6 is 0 Å². The van der Waals surface area contributed by atoms with E-state index in [0.29, 0.717) is 24.5 Å². The SMILES string of the molecule is CS(=O)(=O)Nc1cc(C(O)CNCCOc2ccc3c(c2)[nH]c2ccc(F)cc23)ccc1O. The summed E-state index contributed by atoms with van der Waals surface area (Å²) in [5.74, 6) is 0.147. The zero-order valence-electron chi connectivity index (χ0n) is 17.8. The molecular formula is C23H24FN3O5S. The van der Waals surface area contributed by atoms with Crippen molar-refractivity contribution in [3.05, 3.63) is 66.0 Å². The van der Waals surface area contributed by atoms with Crippen LogP contribution in [-0.2, 0) is 10.0 Å². The molecule has 0 saturated carbocycles. The van der Waals surface area contributed by atoms with E-state index in [1.807, 2.05) is 18.2 Å². The molecule has 4 aromatic rings. The molecule has 0 aliphatic carbocycles. The predicted octanol–water partition coefficient (Wildman–Crippen LogP) is 3.24. The molecule has 0 spiro atoms. The molecule has 0 radical (unpaired) electrons. The maximum absolute atomic E-state index is 13.5. The van der Waals surface area contributed by atoms with E-state index in [4.69, 9.17) is 4.74 Å². The fourth-order valence-electron chi connectivity index (χ4n) is 3.58. The van der Waals surface area contributed by atoms with Crippen molar-refractivity contribution in [2.45, 2.75) is 6.10 Å². The number of rotatable bonds is 9. The van der Waals surface area contributed by atoms with Gasteiger partial charge in [-0.1, -0.05) is 6.07 Å². The van der Waals surface area contributed by atoms with E-state index in [1.165, 1.54) is 30.3 Å². The smallest absolute Gasteiger partial charge is 0.229 e. The largest absolute Gasteiger partial charge is 0.506 e. The van der Waals surface area contributed by atoms with E-state index in [-0.39, 0.29) is 23.8 Å². The molecule has 174 valence electrons. The van der Waals surface area contributed by atoms with Gasteiger partial charge in [-0.05, 0) is 48.0 Å². The van der Waals surface area contributed by atoms with E-state index in [2.05, 4.69) is 15.0 Å². The molecule has 8 nitrogen and oxygen atoms in total. The number of aliphatic hydroxyl groups is 1. The molecule has 3 aromatic carbocycles. The van der Waals surface area contributed by atoms with E-state index in [0.717, 1.165) is 28.1 Å². The lowest BCUT2D eigenvalue weighted by atomic mass is 10.1. The van der Waals surface area contributed by atoms with Gasteiger partial charge in [-0.25, -0.2) is 12.8 Å². The van der Waals surface area contributed by atoms with Gasteiger partial charge < -0.3 is 25.3 Å². The number of aliphatic hydroxyl groups excluding tert-OH is 1. The standard InChI is InChI=1S/C23H24FN3O5S/c1-33(30,31)27-21-10-14(2-7-22(21)28)23(29)13-25-8-9-32-16-4-5-17-18-11-15(24)3-6-19(18)26-20(17)12-16/h2-7,10-12,23,25-29H,8-9,13H2,1H3. The Bertz CT molecular complexity index is 1400. The fraction of sp³-hybridized carbons (Fsp3) is 0.217. The molecule has 5 N–H and O–H groups in total. The first-order valence-corrected chi connectivity index (χ1v) is 12.1. The van der Waals surface area contributed by atoms with Gasteiger partial charge in [0.15, 0.2) is 0 Å². The molecule has 33 heavy (non-hydrogen) atoms. The van der Waals surface area contributed by atoms with Crippen LogP contribution in [-0.4, -0.2) is 49.6 Å². The summed E-state index contributed by atoms with van der Waals surface area (Å²) in [7, 11) is -3.56. The second-order valence-corrected chi connectivity index (χ2v) is 9.49. The van der Waals surface area contributed by atoms with Gasteiger partial charge in [0.1, 0.15) is 23.9 Å². The number of fused-ring (bicyclic) bond motifs is 3. The molecule has 1 unspecified atom stereocenters. The maximum atomic E-state index is 13.5. The number of benzene rings is 3. The number of aromatic amines is 1. The van der Waals surface area contributed by atoms with Gasteiger partial charge in [0.25, 0.3) is 0 Å². The van der Waals surface area contributed by atoms with Gasteiger partial charge in [-0.2, -0.15) is 0 Å². The van der Waals surface area contributed by atoms with Crippen molar-refractivity contribution in [1.82, 2.24) is 10.3 Å². The number of halogens is 1. The van der Waals surface area contributed by atoms with Crippen molar-refractivity contribution in [2.24, 2.45) is 0 Å². The van der Waals surface area contributed by atoms with Crippen LogP contribution in [0.4, 0.5) is 10.1 Å². The van der Waals surface area contributed by atoms with Gasteiger partial charge in [0.2, 0.25) is 10.0 Å². The van der Waals surface area contributed by atoms with Crippen LogP contribution in [0.15, 0.2) is 54.6 Å². The highest BCUT2D eigenvalue weighted by Crippen LogP contribution is 2.29. The normalized spacial score (nSPS) is 12.8. The molecule has 1 atom stereocenters. The number of hydrogen-bond acceptors (Lipinski definition) is 6. The quantitative estimate of drug-likeness (QED) is 0.188. The van der Waals surface area contributed by atoms with Gasteiger partial charge >= 0.3 is 0 Å². The maximum Gasteiger partial charge on any atom is 0.229 e. The number of anilines is 1. The molecule has 0 saturated heterocycles. The molecule has 0 aliphatic rings. The van der Waals surface area contributed by atoms with Crippen molar-refractivity contribution in [3.8, 4) is 11.5 Å². The summed E-state index contributed by atoms with van der Waals surface area (Å²) in [4.78, 5) is 3.25. The zero-order valence-corrected chi connectivity index (χ0v) is 18.6. The van der Waals surface area contributed by atoms with Crippen molar-refractivity contribution in [3.63, 3.8) is 0 Å². The summed E-state index contributed by atoms with van der Waals surface area (Å²) >= 11 is 0. The number of phenols is 1. The van der Waals surface area contributed by atoms with Crippen LogP contribution < -0.4 is 14.8 Å². The van der Waals surface area contributed by atoms with Crippen LogP contribution in [0.25, 0.3) is 21.8 Å². The third-order valence-corrected chi connectivity index (χ3v) is 5.71. The Morgan fingerprint density at radius 1 is 1.06 bits per heavy atom. The third-order valence-electron chi connectivity index (χ3n) is 5.12. The zero-order chi connectivity index (χ0) is 23.6. The van der Waals surface area contributed by atoms with E-state index < -0.39 is 16.1 Å². The van der Waals surface area contributed by atoms with E-state index in [1.54, 1.807) is 6.07 Å². The molecule has 1 aromatic heterocycles. The summed E-state index contributed by atoms with van der Waals surface area (Å²) < 4.78 is 44.3. The minimum Gasteiger partial charge on any atom is -0.506 e. The average Bonchev–Trinajstić information content (AvgIpc) is 3.11. The number of hydrogen-bond donors (Lipinski definition) is 5. The fourth-order valence-corrected chi connectivity index (χ4v) is 4.15. The topological polar surface area (TPSA) is 124 Å². The monoisotopic (exact) mass is 473 g/mol. The Morgan fingerprint density at radius 3 is 2.67 bits per heavy atom. The second-order valence-electron chi connectivity index (χ2n) is 7.74. The van der Waals surface area contributed by atoms with Gasteiger partial charge in [-0.3, -0.25) is 4.72 Å². The average molecular weight is 474 g/mol. The Morgan fingerprint density at radius 2 is 1.88 bits per heavy atom. The Kier molecular flexibility index (Phi) is 6.41. The summed E-state index contributed by atoms with van der Waals surface area (Å²) in [6, 6.07) is 14.4. The lowest BCUT2D eigenvalue weighted by Crippen LogP contribution is -2.26. The number of nitrogens with one attached hydrogen (secondary N) is 3. The number of phenolic OH excluding ortho intramolecular Hbond substituents is 1. The summed E-state index contributed by atoms with van der Waals surface area (Å²) in [6.45, 7) is 1.02. The van der Waals surface area contributed by atoms with Crippen molar-refractivity contribution < 1.29 is 27.8 Å². The third kappa shape index (κ3) is 5.54. The Hall–Kier alpha value is -3.34. The first-order chi connectivity index (χ1) is 15.7. The van der Waals surface area contributed by atoms with E-state index in [9.17, 15) is 23.0 Å². The van der Waals surface area contributed by atoms with E-state index >= 15 is 0 Å². The van der Waals surface area contributed by atoms with Crippen LogP contribution in [0.1, 0.15) is 11.7 Å². The Labute approximate surface area is 190 Å². The first kappa shape index (κ1) is 22.8. The van der Waals surface area contributed by atoms with Gasteiger partial charge in [0, 0.05) is 35.4 Å². The first-order valence-electron chi connectivity index (χ1n) is 10.2. The van der Waals surface area contributed by atoms with Crippen molar-refractivity contribution in [2.75, 3.05) is 30.7 Å². The molecular weight excluding hydrogens is 449 g/mol. The minimum atomic E-state index is -3.56. The van der Waals surface area contributed by atoms with Crippen molar-refractivity contribution >= 4 is 37.5 Å². The predicted molar refractivity (Wildman–Crippen MR) is 126 cm³/mol. The highest BCUT2D eigenvalue weighted by molar-refractivity contribution is 7.92. The highest BCUT2D eigenvalue weighted by Gasteiger charge is 2.13. The second kappa shape index (κ2) is 9.26. The number of aromatic nitrogens is 1. The number of aromatic hydroxyl groups is 1. The molecule has 0 amide bonds. The molecule has 0 aliphatic heterocycles. The van der Waals surface area contributed by atoms with Gasteiger partial charge in [0.05, 0.1) is 23.6 Å². The summed E-state index contributed by atoms with van der Waals surface area (Å²) in [5.41, 5.74) is 2.16. The summed E-state index contributed by atoms with van der Waals surface area (Å²) in [5, 5.41) is 25.0. The lowest BCUT2D eigenvalue weighted by Gasteiger charge is -2.15.